The van der Waals surface area contributed by atoms with Gasteiger partial charge in [0.25, 0.3) is 11.5 Å². The van der Waals surface area contributed by atoms with Gasteiger partial charge in [0.05, 0.1) is 12.1 Å². The minimum atomic E-state index is -0.273. The van der Waals surface area contributed by atoms with Crippen LogP contribution >= 0.6 is 11.6 Å². The number of likely N-dealkylation sites (tertiary alicyclic amines) is 1. The molecule has 3 rings (SSSR count). The Hall–Kier alpha value is -2.18. The number of aryl methyl sites for hydroxylation is 1. The maximum absolute atomic E-state index is 12.5. The number of benzene rings is 1. The van der Waals surface area contributed by atoms with E-state index in [2.05, 4.69) is 15.3 Å². The molecule has 1 N–H and O–H groups in total. The highest BCUT2D eigenvalue weighted by Crippen LogP contribution is 2.31. The Morgan fingerprint density at radius 2 is 1.92 bits per heavy atom. The zero-order chi connectivity index (χ0) is 17.3. The van der Waals surface area contributed by atoms with Crippen molar-refractivity contribution in [2.45, 2.75) is 18.5 Å². The number of nitrogens with one attached hydrogen (secondary N) is 1. The molecule has 1 aromatic carbocycles. The standard InChI is InChI=1S/C17H19ClN4O2/c1-21-10-9-13(16(21)11-3-5-12(18)6-4-11)19-17(24)14-7-8-15(23)22(2)20-14/h3-8,13,16H,9-10H2,1-2H3,(H,19,24)/t13-,16-/m1/s1. The van der Waals surface area contributed by atoms with Gasteiger partial charge in [-0.2, -0.15) is 5.10 Å². The Bertz CT molecular complexity index is 803. The lowest BCUT2D eigenvalue weighted by Crippen LogP contribution is -2.40. The predicted octanol–water partition coefficient (Wildman–Crippen LogP) is 1.61. The van der Waals surface area contributed by atoms with E-state index in [1.165, 1.54) is 19.2 Å². The van der Waals surface area contributed by atoms with Crippen LogP contribution in [0.25, 0.3) is 0 Å². The lowest BCUT2D eigenvalue weighted by Gasteiger charge is -2.26. The van der Waals surface area contributed by atoms with E-state index in [1.807, 2.05) is 31.3 Å². The fraction of sp³-hybridized carbons (Fsp3) is 0.353. The van der Waals surface area contributed by atoms with Crippen molar-refractivity contribution >= 4 is 17.5 Å². The minimum Gasteiger partial charge on any atom is -0.346 e. The summed E-state index contributed by atoms with van der Waals surface area (Å²) in [6.45, 7) is 0.888. The highest BCUT2D eigenvalue weighted by atomic mass is 35.5. The average Bonchev–Trinajstić information content (AvgIpc) is 2.91. The van der Waals surface area contributed by atoms with Gasteiger partial charge in [0.2, 0.25) is 0 Å². The van der Waals surface area contributed by atoms with E-state index in [0.717, 1.165) is 23.2 Å². The van der Waals surface area contributed by atoms with Gasteiger partial charge in [0, 0.05) is 24.7 Å². The number of nitrogens with zero attached hydrogens (tertiary/aromatic N) is 3. The average molecular weight is 347 g/mol. The molecule has 24 heavy (non-hydrogen) atoms. The first-order chi connectivity index (χ1) is 11.5. The van der Waals surface area contributed by atoms with Crippen LogP contribution in [-0.4, -0.2) is 40.2 Å². The Morgan fingerprint density at radius 1 is 1.21 bits per heavy atom. The fourth-order valence-electron chi connectivity index (χ4n) is 3.11. The number of hydrogen-bond donors (Lipinski definition) is 1. The number of carbonyl (C=O) groups excluding carboxylic acids is 1. The number of hydrogen-bond acceptors (Lipinski definition) is 4. The van der Waals surface area contributed by atoms with Gasteiger partial charge in [-0.05, 0) is 37.2 Å². The molecule has 1 aromatic heterocycles. The first-order valence-corrected chi connectivity index (χ1v) is 8.14. The zero-order valence-corrected chi connectivity index (χ0v) is 14.3. The third-order valence-electron chi connectivity index (χ3n) is 4.37. The molecular weight excluding hydrogens is 328 g/mol. The molecule has 0 spiro atoms. The monoisotopic (exact) mass is 346 g/mol. The molecule has 2 aromatic rings. The number of likely N-dealkylation sites (N-methyl/N-ethyl adjacent to an activating group) is 1. The Labute approximate surface area is 145 Å². The first kappa shape index (κ1) is 16.7. The lowest BCUT2D eigenvalue weighted by molar-refractivity contribution is 0.0920. The second kappa shape index (κ2) is 6.75. The van der Waals surface area contributed by atoms with Crippen LogP contribution in [0.1, 0.15) is 28.5 Å². The second-order valence-electron chi connectivity index (χ2n) is 6.03. The molecule has 0 saturated carbocycles. The second-order valence-corrected chi connectivity index (χ2v) is 6.46. The summed E-state index contributed by atoms with van der Waals surface area (Å²) in [6, 6.07) is 10.5. The SMILES string of the molecule is CN1CC[C@@H](NC(=O)c2ccc(=O)n(C)n2)[C@H]1c1ccc(Cl)cc1. The number of halogens is 1. The zero-order valence-electron chi connectivity index (χ0n) is 13.6. The van der Waals surface area contributed by atoms with Crippen molar-refractivity contribution in [3.63, 3.8) is 0 Å². The topological polar surface area (TPSA) is 67.2 Å². The van der Waals surface area contributed by atoms with Crippen LogP contribution < -0.4 is 10.9 Å². The highest BCUT2D eigenvalue weighted by Gasteiger charge is 2.34. The van der Waals surface area contributed by atoms with Gasteiger partial charge < -0.3 is 5.32 Å². The Kier molecular flexibility index (Phi) is 4.69. The van der Waals surface area contributed by atoms with Crippen LogP contribution in [0.2, 0.25) is 5.02 Å². The minimum absolute atomic E-state index is 0.0253. The molecule has 1 aliphatic heterocycles. The molecule has 126 valence electrons. The molecular formula is C17H19ClN4O2. The van der Waals surface area contributed by atoms with Gasteiger partial charge in [-0.25, -0.2) is 4.68 Å². The summed E-state index contributed by atoms with van der Waals surface area (Å²) in [5.74, 6) is -0.273. The number of amides is 1. The van der Waals surface area contributed by atoms with Gasteiger partial charge in [-0.1, -0.05) is 23.7 Å². The van der Waals surface area contributed by atoms with E-state index in [-0.39, 0.29) is 29.2 Å². The maximum Gasteiger partial charge on any atom is 0.272 e. The fourth-order valence-corrected chi connectivity index (χ4v) is 3.24. The highest BCUT2D eigenvalue weighted by molar-refractivity contribution is 6.30. The summed E-state index contributed by atoms with van der Waals surface area (Å²) in [6.07, 6.45) is 0.849. The van der Waals surface area contributed by atoms with E-state index in [9.17, 15) is 9.59 Å². The molecule has 0 radical (unpaired) electrons. The molecule has 1 amide bonds. The molecule has 1 saturated heterocycles. The first-order valence-electron chi connectivity index (χ1n) is 7.76. The molecule has 1 aliphatic rings. The van der Waals surface area contributed by atoms with Gasteiger partial charge in [0.15, 0.2) is 0 Å². The summed E-state index contributed by atoms with van der Waals surface area (Å²) in [4.78, 5) is 26.1. The van der Waals surface area contributed by atoms with Crippen LogP contribution in [0.15, 0.2) is 41.2 Å². The van der Waals surface area contributed by atoms with E-state index in [1.54, 1.807) is 0 Å². The molecule has 7 heteroatoms. The van der Waals surface area contributed by atoms with Crippen LogP contribution in [0.5, 0.6) is 0 Å². The van der Waals surface area contributed by atoms with Crippen molar-refractivity contribution in [2.75, 3.05) is 13.6 Å². The lowest BCUT2D eigenvalue weighted by atomic mass is 10.00. The molecule has 0 bridgehead atoms. The molecule has 0 aliphatic carbocycles. The van der Waals surface area contributed by atoms with E-state index in [0.29, 0.717) is 5.02 Å². The van der Waals surface area contributed by atoms with E-state index >= 15 is 0 Å². The van der Waals surface area contributed by atoms with Gasteiger partial charge in [-0.3, -0.25) is 14.5 Å². The smallest absolute Gasteiger partial charge is 0.272 e. The summed E-state index contributed by atoms with van der Waals surface area (Å²) in [5.41, 5.74) is 1.10. The van der Waals surface area contributed by atoms with Gasteiger partial charge >= 0.3 is 0 Å². The summed E-state index contributed by atoms with van der Waals surface area (Å²) in [5, 5.41) is 7.74. The number of aromatic nitrogens is 2. The quantitative estimate of drug-likeness (QED) is 0.917. The molecule has 6 nitrogen and oxygen atoms in total. The molecule has 0 unspecified atom stereocenters. The van der Waals surface area contributed by atoms with Gasteiger partial charge in [0.1, 0.15) is 5.69 Å². The summed E-state index contributed by atoms with van der Waals surface area (Å²) >= 11 is 5.96. The van der Waals surface area contributed by atoms with Crippen molar-refractivity contribution in [1.82, 2.24) is 20.0 Å². The maximum atomic E-state index is 12.5. The predicted molar refractivity (Wildman–Crippen MR) is 92.2 cm³/mol. The summed E-state index contributed by atoms with van der Waals surface area (Å²) in [7, 11) is 3.56. The van der Waals surface area contributed by atoms with Crippen molar-refractivity contribution in [3.8, 4) is 0 Å². The van der Waals surface area contributed by atoms with Crippen LogP contribution in [0.4, 0.5) is 0 Å². The van der Waals surface area contributed by atoms with E-state index < -0.39 is 0 Å². The third-order valence-corrected chi connectivity index (χ3v) is 4.62. The van der Waals surface area contributed by atoms with Crippen LogP contribution in [0, 0.1) is 0 Å². The Balaban J connectivity index is 1.80. The van der Waals surface area contributed by atoms with Crippen molar-refractivity contribution < 1.29 is 4.79 Å². The molecule has 2 heterocycles. The van der Waals surface area contributed by atoms with Crippen molar-refractivity contribution in [2.24, 2.45) is 7.05 Å². The van der Waals surface area contributed by atoms with Gasteiger partial charge in [-0.15, -0.1) is 0 Å². The van der Waals surface area contributed by atoms with Crippen LogP contribution in [-0.2, 0) is 7.05 Å². The third kappa shape index (κ3) is 3.34. The Morgan fingerprint density at radius 3 is 2.58 bits per heavy atom. The number of rotatable bonds is 3. The van der Waals surface area contributed by atoms with Crippen LogP contribution in [0.3, 0.4) is 0 Å². The number of carbonyl (C=O) groups is 1. The van der Waals surface area contributed by atoms with E-state index in [4.69, 9.17) is 11.6 Å². The summed E-state index contributed by atoms with van der Waals surface area (Å²) < 4.78 is 1.16. The molecule has 1 fully saturated rings. The molecule has 2 atom stereocenters. The van der Waals surface area contributed by atoms with Crippen molar-refractivity contribution in [3.05, 3.63) is 63.0 Å². The largest absolute Gasteiger partial charge is 0.346 e. The van der Waals surface area contributed by atoms with Crippen molar-refractivity contribution in [1.29, 1.82) is 0 Å². The normalized spacial score (nSPS) is 21.0.